The highest BCUT2D eigenvalue weighted by molar-refractivity contribution is 7.89. The van der Waals surface area contributed by atoms with E-state index in [4.69, 9.17) is 0 Å². The third kappa shape index (κ3) is 3.85. The molecule has 2 N–H and O–H groups in total. The number of ether oxygens (including phenoxy) is 1. The van der Waals surface area contributed by atoms with Crippen molar-refractivity contribution in [3.8, 4) is 0 Å². The fraction of sp³-hybridized carbons (Fsp3) is 0.533. The minimum atomic E-state index is -3.65. The summed E-state index contributed by atoms with van der Waals surface area (Å²) in [6, 6.07) is 4.68. The molecule has 0 amide bonds. The van der Waals surface area contributed by atoms with Crippen molar-refractivity contribution in [3.63, 3.8) is 0 Å². The number of carbonyl (C=O) groups is 1. The summed E-state index contributed by atoms with van der Waals surface area (Å²) in [7, 11) is -2.37. The minimum absolute atomic E-state index is 0.0877. The van der Waals surface area contributed by atoms with E-state index < -0.39 is 16.0 Å². The highest BCUT2D eigenvalue weighted by Crippen LogP contribution is 2.18. The highest BCUT2D eigenvalue weighted by Gasteiger charge is 2.25. The number of benzene rings is 1. The molecule has 0 radical (unpaired) electrons. The number of piperidine rings is 1. The van der Waals surface area contributed by atoms with Gasteiger partial charge in [-0.05, 0) is 50.9 Å². The van der Waals surface area contributed by atoms with Crippen molar-refractivity contribution in [2.75, 3.05) is 13.7 Å². The first-order valence-corrected chi connectivity index (χ1v) is 8.76. The number of carbonyl (C=O) groups excluding carboxylic acids is 1. The van der Waals surface area contributed by atoms with Gasteiger partial charge in [-0.3, -0.25) is 0 Å². The van der Waals surface area contributed by atoms with Crippen LogP contribution in [-0.4, -0.2) is 40.1 Å². The summed E-state index contributed by atoms with van der Waals surface area (Å²) in [6.45, 7) is 4.56. The Morgan fingerprint density at radius 1 is 1.41 bits per heavy atom. The van der Waals surface area contributed by atoms with E-state index in [1.165, 1.54) is 19.2 Å². The number of sulfonamides is 1. The zero-order valence-electron chi connectivity index (χ0n) is 13.0. The zero-order chi connectivity index (χ0) is 16.3. The molecule has 2 unspecified atom stereocenters. The summed E-state index contributed by atoms with van der Waals surface area (Å²) in [5.41, 5.74) is 0.949. The average molecular weight is 326 g/mol. The molecule has 0 spiro atoms. The molecule has 0 aromatic heterocycles. The fourth-order valence-electron chi connectivity index (χ4n) is 2.62. The molecule has 2 rings (SSSR count). The van der Waals surface area contributed by atoms with Crippen molar-refractivity contribution in [1.82, 2.24) is 10.0 Å². The number of methoxy groups -OCH3 is 1. The lowest BCUT2D eigenvalue weighted by atomic mass is 10.0. The lowest BCUT2D eigenvalue weighted by molar-refractivity contribution is 0.0599. The van der Waals surface area contributed by atoms with Crippen LogP contribution in [0, 0.1) is 6.92 Å². The van der Waals surface area contributed by atoms with Crippen molar-refractivity contribution in [2.45, 2.75) is 43.7 Å². The Kier molecular flexibility index (Phi) is 5.20. The number of esters is 1. The first-order valence-electron chi connectivity index (χ1n) is 7.28. The molecule has 0 saturated carbocycles. The first kappa shape index (κ1) is 16.9. The molecule has 1 saturated heterocycles. The summed E-state index contributed by atoms with van der Waals surface area (Å²) >= 11 is 0. The Hall–Kier alpha value is -1.44. The molecule has 7 heteroatoms. The maximum Gasteiger partial charge on any atom is 0.338 e. The normalized spacial score (nSPS) is 22.3. The molecular formula is C15H22N2O4S. The van der Waals surface area contributed by atoms with Crippen molar-refractivity contribution in [1.29, 1.82) is 0 Å². The van der Waals surface area contributed by atoms with Gasteiger partial charge in [0.25, 0.3) is 0 Å². The Morgan fingerprint density at radius 3 is 2.77 bits per heavy atom. The Labute approximate surface area is 131 Å². The molecule has 1 aliphatic heterocycles. The maximum atomic E-state index is 12.5. The Bertz CT molecular complexity index is 658. The predicted molar refractivity (Wildman–Crippen MR) is 83.3 cm³/mol. The lowest BCUT2D eigenvalue weighted by Crippen LogP contribution is -2.46. The van der Waals surface area contributed by atoms with Crippen LogP contribution in [0.1, 0.15) is 35.7 Å². The van der Waals surface area contributed by atoms with E-state index in [0.29, 0.717) is 5.56 Å². The van der Waals surface area contributed by atoms with Gasteiger partial charge in [-0.2, -0.15) is 0 Å². The van der Waals surface area contributed by atoms with Crippen LogP contribution in [0.3, 0.4) is 0 Å². The molecule has 22 heavy (non-hydrogen) atoms. The molecular weight excluding hydrogens is 304 g/mol. The van der Waals surface area contributed by atoms with Gasteiger partial charge in [0.15, 0.2) is 0 Å². The minimum Gasteiger partial charge on any atom is -0.465 e. The zero-order valence-corrected chi connectivity index (χ0v) is 13.9. The van der Waals surface area contributed by atoms with Gasteiger partial charge < -0.3 is 10.1 Å². The highest BCUT2D eigenvalue weighted by atomic mass is 32.2. The summed E-state index contributed by atoms with van der Waals surface area (Å²) < 4.78 is 32.4. The molecule has 0 bridgehead atoms. The lowest BCUT2D eigenvalue weighted by Gasteiger charge is -2.28. The number of rotatable bonds is 4. The van der Waals surface area contributed by atoms with Gasteiger partial charge in [-0.15, -0.1) is 0 Å². The van der Waals surface area contributed by atoms with E-state index >= 15 is 0 Å². The second-order valence-electron chi connectivity index (χ2n) is 5.67. The van der Waals surface area contributed by atoms with Crippen LogP contribution in [0.25, 0.3) is 0 Å². The molecule has 6 nitrogen and oxygen atoms in total. The van der Waals surface area contributed by atoms with Crippen molar-refractivity contribution >= 4 is 16.0 Å². The molecule has 1 aromatic carbocycles. The van der Waals surface area contributed by atoms with Gasteiger partial charge in [0.2, 0.25) is 10.0 Å². The van der Waals surface area contributed by atoms with Gasteiger partial charge in [-0.25, -0.2) is 17.9 Å². The monoisotopic (exact) mass is 326 g/mol. The van der Waals surface area contributed by atoms with Gasteiger partial charge in [-0.1, -0.05) is 6.07 Å². The molecule has 1 aromatic rings. The predicted octanol–water partition coefficient (Wildman–Crippen LogP) is 1.20. The quantitative estimate of drug-likeness (QED) is 0.812. The molecule has 1 fully saturated rings. The van der Waals surface area contributed by atoms with Crippen molar-refractivity contribution < 1.29 is 17.9 Å². The summed E-state index contributed by atoms with van der Waals surface area (Å²) in [6.07, 6.45) is 1.49. The van der Waals surface area contributed by atoms with E-state index in [2.05, 4.69) is 14.8 Å². The van der Waals surface area contributed by atoms with Crippen LogP contribution in [0.2, 0.25) is 0 Å². The van der Waals surface area contributed by atoms with E-state index in [0.717, 1.165) is 19.4 Å². The largest absolute Gasteiger partial charge is 0.465 e. The van der Waals surface area contributed by atoms with Crippen LogP contribution in [0.5, 0.6) is 0 Å². The molecule has 1 aliphatic rings. The smallest absolute Gasteiger partial charge is 0.338 e. The van der Waals surface area contributed by atoms with E-state index in [9.17, 15) is 13.2 Å². The van der Waals surface area contributed by atoms with Crippen LogP contribution in [-0.2, 0) is 14.8 Å². The van der Waals surface area contributed by atoms with Crippen LogP contribution in [0.4, 0.5) is 0 Å². The maximum absolute atomic E-state index is 12.5. The topological polar surface area (TPSA) is 84.5 Å². The van der Waals surface area contributed by atoms with Crippen molar-refractivity contribution in [3.05, 3.63) is 29.3 Å². The van der Waals surface area contributed by atoms with Gasteiger partial charge in [0.1, 0.15) is 0 Å². The van der Waals surface area contributed by atoms with Gasteiger partial charge >= 0.3 is 5.97 Å². The SMILES string of the molecule is COC(=O)c1cc(S(=O)(=O)NC2CCNC(C)C2)ccc1C. The Morgan fingerprint density at radius 2 is 2.14 bits per heavy atom. The van der Waals surface area contributed by atoms with E-state index in [1.54, 1.807) is 13.0 Å². The van der Waals surface area contributed by atoms with Crippen molar-refractivity contribution in [2.24, 2.45) is 0 Å². The Balaban J connectivity index is 2.24. The van der Waals surface area contributed by atoms with Crippen LogP contribution >= 0.6 is 0 Å². The number of hydrogen-bond acceptors (Lipinski definition) is 5. The van der Waals surface area contributed by atoms with Gasteiger partial charge in [0.05, 0.1) is 17.6 Å². The number of aryl methyl sites for hydroxylation is 1. The molecule has 122 valence electrons. The average Bonchev–Trinajstić information content (AvgIpc) is 2.46. The number of nitrogens with one attached hydrogen (secondary N) is 2. The third-order valence-corrected chi connectivity index (χ3v) is 5.39. The summed E-state index contributed by atoms with van der Waals surface area (Å²) in [5, 5.41) is 3.28. The summed E-state index contributed by atoms with van der Waals surface area (Å²) in [5.74, 6) is -0.537. The second-order valence-corrected chi connectivity index (χ2v) is 7.38. The molecule has 0 aliphatic carbocycles. The standard InChI is InChI=1S/C15H22N2O4S/c1-10-4-5-13(9-14(10)15(18)21-3)22(19,20)17-12-6-7-16-11(2)8-12/h4-5,9,11-12,16-17H,6-8H2,1-3H3. The first-order chi connectivity index (χ1) is 10.3. The van der Waals surface area contributed by atoms with Gasteiger partial charge in [0, 0.05) is 12.1 Å². The third-order valence-electron chi connectivity index (χ3n) is 3.87. The van der Waals surface area contributed by atoms with Crippen LogP contribution < -0.4 is 10.0 Å². The van der Waals surface area contributed by atoms with E-state index in [1.807, 2.05) is 6.92 Å². The number of hydrogen-bond donors (Lipinski definition) is 2. The van der Waals surface area contributed by atoms with E-state index in [-0.39, 0.29) is 22.5 Å². The summed E-state index contributed by atoms with van der Waals surface area (Å²) in [4.78, 5) is 11.8. The molecule has 2 atom stereocenters. The molecule has 1 heterocycles. The fourth-order valence-corrected chi connectivity index (χ4v) is 3.93. The van der Waals surface area contributed by atoms with Crippen LogP contribution in [0.15, 0.2) is 23.1 Å². The second kappa shape index (κ2) is 6.76.